The maximum absolute atomic E-state index is 13.4. The van der Waals surface area contributed by atoms with Gasteiger partial charge in [0, 0.05) is 23.8 Å². The van der Waals surface area contributed by atoms with Gasteiger partial charge in [-0.15, -0.1) is 0 Å². The van der Waals surface area contributed by atoms with Crippen LogP contribution in [0.15, 0.2) is 54.9 Å². The minimum atomic E-state index is -0.292. The van der Waals surface area contributed by atoms with Crippen molar-refractivity contribution in [3.63, 3.8) is 0 Å². The van der Waals surface area contributed by atoms with Crippen LogP contribution in [0.4, 0.5) is 15.9 Å². The molecule has 3 aromatic rings. The number of ether oxygens (including phenoxy) is 1. The van der Waals surface area contributed by atoms with Gasteiger partial charge in [0.1, 0.15) is 30.3 Å². The van der Waals surface area contributed by atoms with Crippen LogP contribution in [0.2, 0.25) is 5.02 Å². The zero-order chi connectivity index (χ0) is 25.3. The van der Waals surface area contributed by atoms with Gasteiger partial charge < -0.3 is 20.7 Å². The number of hydrogen-bond donors (Lipinski definition) is 2. The van der Waals surface area contributed by atoms with E-state index in [4.69, 9.17) is 22.1 Å². The topological polar surface area (TPSA) is 76.3 Å². The van der Waals surface area contributed by atoms with Crippen molar-refractivity contribution in [1.29, 1.82) is 0 Å². The molecule has 3 N–H and O–H groups in total. The third-order valence-corrected chi connectivity index (χ3v) is 6.57. The third-order valence-electron chi connectivity index (χ3n) is 6.28. The Kier molecular flexibility index (Phi) is 9.28. The van der Waals surface area contributed by atoms with Crippen molar-refractivity contribution in [1.82, 2.24) is 14.9 Å². The fourth-order valence-electron chi connectivity index (χ4n) is 4.22. The molecule has 36 heavy (non-hydrogen) atoms. The Hall–Kier alpha value is -3.00. The molecular formula is C28H33ClFN5O. The summed E-state index contributed by atoms with van der Waals surface area (Å²) in [6.07, 6.45) is 9.57. The van der Waals surface area contributed by atoms with Crippen molar-refractivity contribution in [3.8, 4) is 5.75 Å². The first-order valence-corrected chi connectivity index (χ1v) is 12.8. The molecule has 1 saturated heterocycles. The summed E-state index contributed by atoms with van der Waals surface area (Å²) in [6.45, 7) is 5.30. The molecule has 0 saturated carbocycles. The van der Waals surface area contributed by atoms with E-state index in [1.54, 1.807) is 18.5 Å². The summed E-state index contributed by atoms with van der Waals surface area (Å²) >= 11 is 6.51. The predicted octanol–water partition coefficient (Wildman–Crippen LogP) is 5.98. The van der Waals surface area contributed by atoms with Gasteiger partial charge in [0.05, 0.1) is 10.7 Å². The number of hydrogen-bond acceptors (Lipinski definition) is 6. The summed E-state index contributed by atoms with van der Waals surface area (Å²) in [5.74, 6) is 1.00. The molecule has 1 aliphatic heterocycles. The zero-order valence-corrected chi connectivity index (χ0v) is 21.3. The Bertz CT molecular complexity index is 1180. The predicted molar refractivity (Wildman–Crippen MR) is 144 cm³/mol. The number of allylic oxidation sites excluding steroid dienone is 1. The Morgan fingerprint density at radius 2 is 2.03 bits per heavy atom. The number of rotatable bonds is 10. The molecule has 190 valence electrons. The maximum Gasteiger partial charge on any atom is 0.138 e. The Balaban J connectivity index is 1.48. The van der Waals surface area contributed by atoms with Crippen molar-refractivity contribution < 1.29 is 9.13 Å². The molecule has 2 heterocycles. The minimum absolute atomic E-state index is 0.231. The SMILES string of the molecule is CC/C=C\c1ncnc(Nc2ccc(OCc3cccc(F)c3)c(Cl)c2)c1CCN1CCC(N)CC1. The molecule has 1 aromatic heterocycles. The minimum Gasteiger partial charge on any atom is -0.487 e. The number of nitrogens with one attached hydrogen (secondary N) is 1. The number of anilines is 2. The Morgan fingerprint density at radius 3 is 2.78 bits per heavy atom. The monoisotopic (exact) mass is 509 g/mol. The highest BCUT2D eigenvalue weighted by Crippen LogP contribution is 2.31. The van der Waals surface area contributed by atoms with Gasteiger partial charge in [-0.3, -0.25) is 0 Å². The first kappa shape index (κ1) is 26.1. The molecule has 0 aliphatic carbocycles. The number of nitrogens with zero attached hydrogens (tertiary/aromatic N) is 3. The molecule has 4 rings (SSSR count). The van der Waals surface area contributed by atoms with Crippen molar-refractivity contribution >= 4 is 29.2 Å². The lowest BCUT2D eigenvalue weighted by molar-refractivity contribution is 0.215. The number of likely N-dealkylation sites (tertiary alicyclic amines) is 1. The maximum atomic E-state index is 13.4. The number of aromatic nitrogens is 2. The van der Waals surface area contributed by atoms with E-state index in [2.05, 4.69) is 39.3 Å². The number of halogens is 2. The van der Waals surface area contributed by atoms with E-state index in [1.165, 1.54) is 12.1 Å². The lowest BCUT2D eigenvalue weighted by Gasteiger charge is -2.30. The van der Waals surface area contributed by atoms with E-state index in [1.807, 2.05) is 18.2 Å². The lowest BCUT2D eigenvalue weighted by atomic mass is 10.0. The molecule has 6 nitrogen and oxygen atoms in total. The van der Waals surface area contributed by atoms with Crippen molar-refractivity contribution in [2.24, 2.45) is 5.73 Å². The standard InChI is InChI=1S/C28H33ClFN5O/c1-2-3-7-26-24(12-15-35-13-10-22(31)11-14-35)28(33-19-32-26)34-23-8-9-27(25(29)17-23)36-18-20-5-4-6-21(30)16-20/h3-9,16-17,19,22H,2,10-15,18,31H2,1H3,(H,32,33,34)/b7-3-. The van der Waals surface area contributed by atoms with E-state index in [0.717, 1.165) is 73.6 Å². The average Bonchev–Trinajstić information content (AvgIpc) is 2.87. The molecule has 0 atom stereocenters. The van der Waals surface area contributed by atoms with E-state index in [0.29, 0.717) is 16.8 Å². The quantitative estimate of drug-likeness (QED) is 0.350. The zero-order valence-electron chi connectivity index (χ0n) is 20.6. The number of nitrogens with two attached hydrogens (primary N) is 1. The van der Waals surface area contributed by atoms with E-state index < -0.39 is 0 Å². The van der Waals surface area contributed by atoms with Crippen LogP contribution in [0.25, 0.3) is 6.08 Å². The van der Waals surface area contributed by atoms with Gasteiger partial charge in [-0.2, -0.15) is 0 Å². The van der Waals surface area contributed by atoms with Crippen molar-refractivity contribution in [2.45, 2.75) is 45.3 Å². The van der Waals surface area contributed by atoms with Crippen LogP contribution in [-0.4, -0.2) is 40.5 Å². The highest BCUT2D eigenvalue weighted by molar-refractivity contribution is 6.32. The molecule has 0 spiro atoms. The molecular weight excluding hydrogens is 477 g/mol. The van der Waals surface area contributed by atoms with Gasteiger partial charge in [0.25, 0.3) is 0 Å². The van der Waals surface area contributed by atoms with Gasteiger partial charge >= 0.3 is 0 Å². The van der Waals surface area contributed by atoms with Crippen LogP contribution in [0.5, 0.6) is 5.75 Å². The van der Waals surface area contributed by atoms with Crippen molar-refractivity contribution in [2.75, 3.05) is 25.0 Å². The van der Waals surface area contributed by atoms with Gasteiger partial charge in [-0.25, -0.2) is 14.4 Å². The first-order chi connectivity index (χ1) is 17.5. The Labute approximate surface area is 217 Å². The summed E-state index contributed by atoms with van der Waals surface area (Å²) in [4.78, 5) is 11.5. The summed E-state index contributed by atoms with van der Waals surface area (Å²) in [5, 5.41) is 3.88. The molecule has 0 radical (unpaired) electrons. The number of piperidine rings is 1. The van der Waals surface area contributed by atoms with Gasteiger partial charge in [-0.1, -0.05) is 36.7 Å². The summed E-state index contributed by atoms with van der Waals surface area (Å²) < 4.78 is 19.2. The fraction of sp³-hybridized carbons (Fsp3) is 0.357. The molecule has 8 heteroatoms. The molecule has 0 amide bonds. The van der Waals surface area contributed by atoms with Crippen LogP contribution >= 0.6 is 11.6 Å². The second-order valence-electron chi connectivity index (χ2n) is 9.01. The normalized spacial score (nSPS) is 14.9. The van der Waals surface area contributed by atoms with E-state index in [-0.39, 0.29) is 12.4 Å². The van der Waals surface area contributed by atoms with E-state index >= 15 is 0 Å². The van der Waals surface area contributed by atoms with Crippen LogP contribution < -0.4 is 15.8 Å². The van der Waals surface area contributed by atoms with Crippen LogP contribution in [0.3, 0.4) is 0 Å². The van der Waals surface area contributed by atoms with Gasteiger partial charge in [0.15, 0.2) is 0 Å². The van der Waals surface area contributed by atoms with E-state index in [9.17, 15) is 4.39 Å². The van der Waals surface area contributed by atoms with Crippen LogP contribution in [0.1, 0.15) is 43.0 Å². The van der Waals surface area contributed by atoms with Crippen LogP contribution in [0, 0.1) is 5.82 Å². The highest BCUT2D eigenvalue weighted by Gasteiger charge is 2.18. The summed E-state index contributed by atoms with van der Waals surface area (Å²) in [6, 6.07) is 12.1. The molecule has 1 fully saturated rings. The summed E-state index contributed by atoms with van der Waals surface area (Å²) in [7, 11) is 0. The largest absolute Gasteiger partial charge is 0.487 e. The molecule has 2 aromatic carbocycles. The lowest BCUT2D eigenvalue weighted by Crippen LogP contribution is -2.40. The van der Waals surface area contributed by atoms with Gasteiger partial charge in [-0.05, 0) is 80.7 Å². The highest BCUT2D eigenvalue weighted by atomic mass is 35.5. The third kappa shape index (κ3) is 7.26. The number of benzene rings is 2. The second-order valence-corrected chi connectivity index (χ2v) is 9.42. The smallest absolute Gasteiger partial charge is 0.138 e. The Morgan fingerprint density at radius 1 is 1.19 bits per heavy atom. The first-order valence-electron chi connectivity index (χ1n) is 12.4. The summed E-state index contributed by atoms with van der Waals surface area (Å²) in [5.41, 5.74) is 9.60. The molecule has 0 bridgehead atoms. The molecule has 1 aliphatic rings. The van der Waals surface area contributed by atoms with Gasteiger partial charge in [0.2, 0.25) is 0 Å². The van der Waals surface area contributed by atoms with Crippen LogP contribution in [-0.2, 0) is 13.0 Å². The fourth-order valence-corrected chi connectivity index (χ4v) is 4.46. The second kappa shape index (κ2) is 12.8. The molecule has 0 unspecified atom stereocenters. The average molecular weight is 510 g/mol. The van der Waals surface area contributed by atoms with Crippen molar-refractivity contribution in [3.05, 3.63) is 82.5 Å².